The summed E-state index contributed by atoms with van der Waals surface area (Å²) in [6, 6.07) is 17.4. The molecule has 1 aromatic heterocycles. The van der Waals surface area contributed by atoms with Crippen LogP contribution in [0.2, 0.25) is 0 Å². The lowest BCUT2D eigenvalue weighted by Gasteiger charge is -2.07. The normalized spacial score (nSPS) is 15.1. The van der Waals surface area contributed by atoms with Crippen LogP contribution in [0.5, 0.6) is 0 Å². The van der Waals surface area contributed by atoms with Gasteiger partial charge in [0.1, 0.15) is 0 Å². The Bertz CT molecular complexity index is 683. The van der Waals surface area contributed by atoms with Crippen LogP contribution in [0.15, 0.2) is 54.7 Å². The van der Waals surface area contributed by atoms with Crippen LogP contribution in [0.25, 0.3) is 10.9 Å². The van der Waals surface area contributed by atoms with E-state index >= 15 is 0 Å². The van der Waals surface area contributed by atoms with Crippen molar-refractivity contribution in [3.63, 3.8) is 0 Å². The highest BCUT2D eigenvalue weighted by Gasteiger charge is 2.24. The molecule has 1 heteroatoms. The maximum atomic E-state index is 3.39. The number of H-pyrrole nitrogens is 1. The largest absolute Gasteiger partial charge is 0.361 e. The SMILES string of the molecule is c1ccc2c(c1)CC(c1c[nH]c3ccccc13)C2. The molecular weight excluding hydrogens is 218 g/mol. The highest BCUT2D eigenvalue weighted by Crippen LogP contribution is 2.36. The zero-order valence-corrected chi connectivity index (χ0v) is 10.2. The van der Waals surface area contributed by atoms with Crippen LogP contribution in [0.1, 0.15) is 22.6 Å². The monoisotopic (exact) mass is 233 g/mol. The van der Waals surface area contributed by atoms with Crippen molar-refractivity contribution >= 4 is 10.9 Å². The molecule has 3 aromatic rings. The second-order valence-electron chi connectivity index (χ2n) is 5.16. The predicted octanol–water partition coefficient (Wildman–Crippen LogP) is 4.05. The van der Waals surface area contributed by atoms with Crippen LogP contribution in [0.4, 0.5) is 0 Å². The van der Waals surface area contributed by atoms with Gasteiger partial charge >= 0.3 is 0 Å². The van der Waals surface area contributed by atoms with Crippen molar-refractivity contribution in [1.29, 1.82) is 0 Å². The summed E-state index contributed by atoms with van der Waals surface area (Å²) in [6.45, 7) is 0. The van der Waals surface area contributed by atoms with Crippen molar-refractivity contribution in [1.82, 2.24) is 4.98 Å². The quantitative estimate of drug-likeness (QED) is 0.652. The highest BCUT2D eigenvalue weighted by molar-refractivity contribution is 5.83. The van der Waals surface area contributed by atoms with Crippen LogP contribution >= 0.6 is 0 Å². The smallest absolute Gasteiger partial charge is 0.0456 e. The van der Waals surface area contributed by atoms with Gasteiger partial charge in [0, 0.05) is 17.1 Å². The summed E-state index contributed by atoms with van der Waals surface area (Å²) in [4.78, 5) is 3.39. The van der Waals surface area contributed by atoms with Crippen molar-refractivity contribution in [2.45, 2.75) is 18.8 Å². The van der Waals surface area contributed by atoms with Gasteiger partial charge in [-0.3, -0.25) is 0 Å². The third-order valence-electron chi connectivity index (χ3n) is 4.11. The minimum Gasteiger partial charge on any atom is -0.361 e. The molecule has 88 valence electrons. The molecule has 4 rings (SSSR count). The first-order chi connectivity index (χ1) is 8.92. The Hall–Kier alpha value is -2.02. The van der Waals surface area contributed by atoms with Crippen molar-refractivity contribution in [3.8, 4) is 0 Å². The lowest BCUT2D eigenvalue weighted by Crippen LogP contribution is -1.96. The summed E-state index contributed by atoms with van der Waals surface area (Å²) < 4.78 is 0. The first kappa shape index (κ1) is 9.95. The number of aromatic amines is 1. The average Bonchev–Trinajstić information content (AvgIpc) is 3.02. The van der Waals surface area contributed by atoms with Gasteiger partial charge in [-0.25, -0.2) is 0 Å². The van der Waals surface area contributed by atoms with Crippen molar-refractivity contribution in [2.75, 3.05) is 0 Å². The summed E-state index contributed by atoms with van der Waals surface area (Å²) in [7, 11) is 0. The number of hydrogen-bond acceptors (Lipinski definition) is 0. The topological polar surface area (TPSA) is 15.8 Å². The highest BCUT2D eigenvalue weighted by atomic mass is 14.7. The van der Waals surface area contributed by atoms with Gasteiger partial charge in [-0.15, -0.1) is 0 Å². The number of fused-ring (bicyclic) bond motifs is 2. The second-order valence-corrected chi connectivity index (χ2v) is 5.16. The Morgan fingerprint density at radius 1 is 0.833 bits per heavy atom. The number of nitrogens with one attached hydrogen (secondary N) is 1. The molecule has 0 unspecified atom stereocenters. The fraction of sp³-hybridized carbons (Fsp3) is 0.176. The summed E-state index contributed by atoms with van der Waals surface area (Å²) in [5.74, 6) is 0.638. The van der Waals surface area contributed by atoms with Gasteiger partial charge in [-0.1, -0.05) is 42.5 Å². The Labute approximate surface area is 106 Å². The lowest BCUT2D eigenvalue weighted by atomic mass is 9.96. The molecular formula is C17H15N. The van der Waals surface area contributed by atoms with Crippen LogP contribution in [0.3, 0.4) is 0 Å². The molecule has 0 bridgehead atoms. The van der Waals surface area contributed by atoms with E-state index in [1.807, 2.05) is 0 Å². The third kappa shape index (κ3) is 1.40. The first-order valence-corrected chi connectivity index (χ1v) is 6.54. The zero-order chi connectivity index (χ0) is 11.9. The molecule has 18 heavy (non-hydrogen) atoms. The molecule has 0 spiro atoms. The van der Waals surface area contributed by atoms with Crippen LogP contribution in [0, 0.1) is 0 Å². The molecule has 0 amide bonds. The molecule has 0 radical (unpaired) electrons. The standard InChI is InChI=1S/C17H15N/c1-2-6-13-10-14(9-12(13)5-1)16-11-18-17-8-4-3-7-15(16)17/h1-8,11,14,18H,9-10H2. The maximum Gasteiger partial charge on any atom is 0.0456 e. The van der Waals surface area contributed by atoms with Gasteiger partial charge in [0.15, 0.2) is 0 Å². The molecule has 1 aliphatic carbocycles. The van der Waals surface area contributed by atoms with Gasteiger partial charge in [0.05, 0.1) is 0 Å². The maximum absolute atomic E-state index is 3.39. The molecule has 0 saturated carbocycles. The minimum absolute atomic E-state index is 0.638. The van der Waals surface area contributed by atoms with Crippen molar-refractivity contribution < 1.29 is 0 Å². The fourth-order valence-electron chi connectivity index (χ4n) is 3.21. The molecule has 1 aliphatic rings. The summed E-state index contributed by atoms with van der Waals surface area (Å²) in [5.41, 5.74) is 5.77. The lowest BCUT2D eigenvalue weighted by molar-refractivity contribution is 0.748. The predicted molar refractivity (Wildman–Crippen MR) is 74.9 cm³/mol. The number of hydrogen-bond donors (Lipinski definition) is 1. The van der Waals surface area contributed by atoms with E-state index in [0.717, 1.165) is 0 Å². The van der Waals surface area contributed by atoms with Crippen LogP contribution in [-0.2, 0) is 12.8 Å². The number of rotatable bonds is 1. The first-order valence-electron chi connectivity index (χ1n) is 6.54. The Morgan fingerprint density at radius 3 is 2.28 bits per heavy atom. The van der Waals surface area contributed by atoms with E-state index in [4.69, 9.17) is 0 Å². The number of aromatic nitrogens is 1. The molecule has 1 heterocycles. The molecule has 0 saturated heterocycles. The number of para-hydroxylation sites is 1. The molecule has 0 atom stereocenters. The van der Waals surface area contributed by atoms with Gasteiger partial charge in [0.25, 0.3) is 0 Å². The third-order valence-corrected chi connectivity index (χ3v) is 4.11. The van der Waals surface area contributed by atoms with Crippen molar-refractivity contribution in [3.05, 3.63) is 71.4 Å². The molecule has 0 aliphatic heterocycles. The van der Waals surface area contributed by atoms with Gasteiger partial charge < -0.3 is 4.98 Å². The summed E-state index contributed by atoms with van der Waals surface area (Å²) >= 11 is 0. The second kappa shape index (κ2) is 3.74. The van der Waals surface area contributed by atoms with E-state index in [9.17, 15) is 0 Å². The van der Waals surface area contributed by atoms with Crippen molar-refractivity contribution in [2.24, 2.45) is 0 Å². The minimum atomic E-state index is 0.638. The van der Waals surface area contributed by atoms with Gasteiger partial charge in [0.2, 0.25) is 0 Å². The van der Waals surface area contributed by atoms with Gasteiger partial charge in [-0.05, 0) is 41.5 Å². The van der Waals surface area contributed by atoms with E-state index in [1.165, 1.54) is 40.4 Å². The molecule has 2 aromatic carbocycles. The Morgan fingerprint density at radius 2 is 1.50 bits per heavy atom. The van der Waals surface area contributed by atoms with E-state index in [1.54, 1.807) is 0 Å². The van der Waals surface area contributed by atoms with E-state index in [2.05, 4.69) is 59.7 Å². The molecule has 1 N–H and O–H groups in total. The fourth-order valence-corrected chi connectivity index (χ4v) is 3.21. The molecule has 0 fully saturated rings. The van der Waals surface area contributed by atoms with E-state index in [0.29, 0.717) is 5.92 Å². The number of benzene rings is 2. The van der Waals surface area contributed by atoms with E-state index < -0.39 is 0 Å². The average molecular weight is 233 g/mol. The summed E-state index contributed by atoms with van der Waals surface area (Å²) in [6.07, 6.45) is 4.55. The Balaban J connectivity index is 1.78. The van der Waals surface area contributed by atoms with Gasteiger partial charge in [-0.2, -0.15) is 0 Å². The van der Waals surface area contributed by atoms with Crippen LogP contribution in [-0.4, -0.2) is 4.98 Å². The van der Waals surface area contributed by atoms with Crippen LogP contribution < -0.4 is 0 Å². The molecule has 1 nitrogen and oxygen atoms in total. The zero-order valence-electron chi connectivity index (χ0n) is 10.2. The Kier molecular flexibility index (Phi) is 2.07. The summed E-state index contributed by atoms with van der Waals surface area (Å²) in [5, 5.41) is 1.38. The van der Waals surface area contributed by atoms with E-state index in [-0.39, 0.29) is 0 Å².